The van der Waals surface area contributed by atoms with E-state index in [1.54, 1.807) is 13.8 Å². The van der Waals surface area contributed by atoms with Crippen molar-refractivity contribution in [1.29, 1.82) is 0 Å². The standard InChI is InChI=1S/C25H21ClN2O7/c1-4-11-35-21-19(26)13-15(14-20(21)33-5-2)12-18-22(29)27-25(32)28(23(18)30)17-9-7-16(8-10-17)24(31)34-6-3/h1,7-10,12-14H,5-6,11H2,2-3H3,(H,27,29,32)/b18-12+. The summed E-state index contributed by atoms with van der Waals surface area (Å²) >= 11 is 6.32. The fourth-order valence-electron chi connectivity index (χ4n) is 3.21. The molecule has 180 valence electrons. The van der Waals surface area contributed by atoms with Crippen LogP contribution in [0, 0.1) is 12.3 Å². The highest BCUT2D eigenvalue weighted by molar-refractivity contribution is 6.39. The number of hydrogen-bond acceptors (Lipinski definition) is 7. The molecule has 1 fully saturated rings. The maximum Gasteiger partial charge on any atom is 0.338 e. The van der Waals surface area contributed by atoms with Gasteiger partial charge in [-0.2, -0.15) is 0 Å². The second-order valence-electron chi connectivity index (χ2n) is 6.98. The van der Waals surface area contributed by atoms with Gasteiger partial charge in [-0.15, -0.1) is 6.42 Å². The number of rotatable bonds is 8. The number of benzene rings is 2. The number of anilines is 1. The summed E-state index contributed by atoms with van der Waals surface area (Å²) in [5, 5.41) is 2.29. The summed E-state index contributed by atoms with van der Waals surface area (Å²) in [4.78, 5) is 50.8. The van der Waals surface area contributed by atoms with E-state index in [9.17, 15) is 19.2 Å². The van der Waals surface area contributed by atoms with E-state index in [-0.39, 0.29) is 46.6 Å². The van der Waals surface area contributed by atoms with Crippen molar-refractivity contribution in [3.63, 3.8) is 0 Å². The number of esters is 1. The van der Waals surface area contributed by atoms with Crippen molar-refractivity contribution < 1.29 is 33.4 Å². The van der Waals surface area contributed by atoms with Crippen molar-refractivity contribution >= 4 is 47.2 Å². The number of nitrogens with one attached hydrogen (secondary N) is 1. The van der Waals surface area contributed by atoms with Gasteiger partial charge in [-0.1, -0.05) is 17.5 Å². The predicted molar refractivity (Wildman–Crippen MR) is 128 cm³/mol. The third-order valence-corrected chi connectivity index (χ3v) is 4.96. The molecule has 1 N–H and O–H groups in total. The third-order valence-electron chi connectivity index (χ3n) is 4.68. The molecule has 0 radical (unpaired) electrons. The Kier molecular flexibility index (Phi) is 8.12. The zero-order valence-electron chi connectivity index (χ0n) is 18.9. The van der Waals surface area contributed by atoms with Crippen LogP contribution in [0.2, 0.25) is 5.02 Å². The van der Waals surface area contributed by atoms with Gasteiger partial charge < -0.3 is 14.2 Å². The van der Waals surface area contributed by atoms with Crippen LogP contribution in [0.25, 0.3) is 6.08 Å². The molecule has 2 aromatic rings. The zero-order valence-corrected chi connectivity index (χ0v) is 19.7. The molecule has 0 spiro atoms. The van der Waals surface area contributed by atoms with Gasteiger partial charge in [-0.25, -0.2) is 14.5 Å². The predicted octanol–water partition coefficient (Wildman–Crippen LogP) is 3.59. The topological polar surface area (TPSA) is 111 Å². The molecule has 1 aliphatic heterocycles. The van der Waals surface area contributed by atoms with Crippen molar-refractivity contribution in [3.05, 3.63) is 58.1 Å². The van der Waals surface area contributed by atoms with Crippen LogP contribution < -0.4 is 19.7 Å². The number of terminal acetylenes is 1. The molecule has 3 rings (SSSR count). The molecular weight excluding hydrogens is 476 g/mol. The Morgan fingerprint density at radius 1 is 1.11 bits per heavy atom. The fourth-order valence-corrected chi connectivity index (χ4v) is 3.48. The summed E-state index contributed by atoms with van der Waals surface area (Å²) in [5.41, 5.74) is 0.453. The molecule has 0 bridgehead atoms. The Labute approximate surface area is 206 Å². The number of nitrogens with zero attached hydrogens (tertiary/aromatic N) is 1. The maximum absolute atomic E-state index is 13.1. The van der Waals surface area contributed by atoms with Crippen molar-refractivity contribution in [2.75, 3.05) is 24.7 Å². The summed E-state index contributed by atoms with van der Waals surface area (Å²) in [6.45, 7) is 3.91. The average molecular weight is 497 g/mol. The molecule has 0 aliphatic carbocycles. The minimum Gasteiger partial charge on any atom is -0.490 e. The van der Waals surface area contributed by atoms with Crippen LogP contribution in [0.15, 0.2) is 42.0 Å². The van der Waals surface area contributed by atoms with Gasteiger partial charge in [-0.05, 0) is 61.9 Å². The average Bonchev–Trinajstić information content (AvgIpc) is 2.82. The molecule has 10 heteroatoms. The molecule has 2 aromatic carbocycles. The van der Waals surface area contributed by atoms with Crippen molar-refractivity contribution in [1.82, 2.24) is 5.32 Å². The Morgan fingerprint density at radius 2 is 1.83 bits per heavy atom. The summed E-state index contributed by atoms with van der Waals surface area (Å²) < 4.78 is 15.9. The van der Waals surface area contributed by atoms with Crippen LogP contribution >= 0.6 is 11.6 Å². The lowest BCUT2D eigenvalue weighted by Gasteiger charge is -2.26. The van der Waals surface area contributed by atoms with Gasteiger partial charge in [0.05, 0.1) is 29.5 Å². The summed E-state index contributed by atoms with van der Waals surface area (Å²) in [6.07, 6.45) is 6.52. The van der Waals surface area contributed by atoms with Gasteiger partial charge in [-0.3, -0.25) is 14.9 Å². The van der Waals surface area contributed by atoms with Crippen LogP contribution in [0.1, 0.15) is 29.8 Å². The molecule has 1 saturated heterocycles. The van der Waals surface area contributed by atoms with Crippen LogP contribution in [-0.4, -0.2) is 43.6 Å². The second-order valence-corrected chi connectivity index (χ2v) is 7.39. The first-order valence-electron chi connectivity index (χ1n) is 10.5. The lowest BCUT2D eigenvalue weighted by Crippen LogP contribution is -2.54. The lowest BCUT2D eigenvalue weighted by molar-refractivity contribution is -0.122. The molecule has 9 nitrogen and oxygen atoms in total. The summed E-state index contributed by atoms with van der Waals surface area (Å²) in [7, 11) is 0. The monoisotopic (exact) mass is 496 g/mol. The quantitative estimate of drug-likeness (QED) is 0.257. The smallest absolute Gasteiger partial charge is 0.338 e. The van der Waals surface area contributed by atoms with E-state index in [4.69, 9.17) is 32.2 Å². The Balaban J connectivity index is 1.96. The van der Waals surface area contributed by atoms with Crippen LogP contribution in [0.3, 0.4) is 0 Å². The first kappa shape index (κ1) is 25.3. The molecule has 1 aliphatic rings. The van der Waals surface area contributed by atoms with E-state index in [1.165, 1.54) is 42.5 Å². The fraction of sp³-hybridized carbons (Fsp3) is 0.200. The van der Waals surface area contributed by atoms with Crippen molar-refractivity contribution in [3.8, 4) is 23.8 Å². The number of imide groups is 2. The van der Waals surface area contributed by atoms with E-state index in [0.717, 1.165) is 4.90 Å². The van der Waals surface area contributed by atoms with Gasteiger partial charge in [0, 0.05) is 0 Å². The molecule has 0 unspecified atom stereocenters. The molecule has 1 heterocycles. The first-order valence-corrected chi connectivity index (χ1v) is 10.9. The maximum atomic E-state index is 13.1. The molecule has 0 atom stereocenters. The van der Waals surface area contributed by atoms with Gasteiger partial charge in [0.15, 0.2) is 11.5 Å². The number of halogens is 1. The third kappa shape index (κ3) is 5.62. The number of ether oxygens (including phenoxy) is 3. The minimum absolute atomic E-state index is 0.0346. The number of urea groups is 1. The van der Waals surface area contributed by atoms with Crippen molar-refractivity contribution in [2.45, 2.75) is 13.8 Å². The van der Waals surface area contributed by atoms with Crippen molar-refractivity contribution in [2.24, 2.45) is 0 Å². The number of carbonyl (C=O) groups is 4. The Bertz CT molecular complexity index is 1250. The molecular formula is C25H21ClN2O7. The van der Waals surface area contributed by atoms with E-state index in [2.05, 4.69) is 11.2 Å². The van der Waals surface area contributed by atoms with Gasteiger partial charge in [0.1, 0.15) is 12.2 Å². The van der Waals surface area contributed by atoms with Crippen LogP contribution in [-0.2, 0) is 14.3 Å². The van der Waals surface area contributed by atoms with Crippen LogP contribution in [0.4, 0.5) is 10.5 Å². The van der Waals surface area contributed by atoms with Gasteiger partial charge in [0.2, 0.25) is 0 Å². The SMILES string of the molecule is C#CCOc1c(Cl)cc(/C=C2\C(=O)NC(=O)N(c3ccc(C(=O)OCC)cc3)C2=O)cc1OCC. The van der Waals surface area contributed by atoms with E-state index >= 15 is 0 Å². The second kappa shape index (κ2) is 11.2. The number of barbiturate groups is 1. The largest absolute Gasteiger partial charge is 0.490 e. The van der Waals surface area contributed by atoms with Gasteiger partial charge in [0.25, 0.3) is 11.8 Å². The molecule has 35 heavy (non-hydrogen) atoms. The lowest BCUT2D eigenvalue weighted by atomic mass is 10.1. The van der Waals surface area contributed by atoms with Crippen LogP contribution in [0.5, 0.6) is 11.5 Å². The Morgan fingerprint density at radius 3 is 2.46 bits per heavy atom. The zero-order chi connectivity index (χ0) is 25.5. The number of carbonyl (C=O) groups excluding carboxylic acids is 4. The number of hydrogen-bond donors (Lipinski definition) is 1. The van der Waals surface area contributed by atoms with E-state index in [1.807, 2.05) is 0 Å². The normalized spacial score (nSPS) is 14.4. The molecule has 0 saturated carbocycles. The highest BCUT2D eigenvalue weighted by Crippen LogP contribution is 2.37. The highest BCUT2D eigenvalue weighted by Gasteiger charge is 2.37. The summed E-state index contributed by atoms with van der Waals surface area (Å²) in [6, 6.07) is 7.71. The number of amides is 4. The van der Waals surface area contributed by atoms with E-state index < -0.39 is 23.8 Å². The molecule has 0 aromatic heterocycles. The van der Waals surface area contributed by atoms with Gasteiger partial charge >= 0.3 is 12.0 Å². The van der Waals surface area contributed by atoms with E-state index in [0.29, 0.717) is 12.2 Å². The minimum atomic E-state index is -0.924. The molecule has 4 amide bonds. The highest BCUT2D eigenvalue weighted by atomic mass is 35.5. The Hall–Kier alpha value is -4.29. The first-order chi connectivity index (χ1) is 16.8. The summed E-state index contributed by atoms with van der Waals surface area (Å²) in [5.74, 6) is 0.564.